The maximum absolute atomic E-state index is 12.7. The van der Waals surface area contributed by atoms with Crippen molar-refractivity contribution in [3.63, 3.8) is 0 Å². The molecule has 0 unspecified atom stereocenters. The van der Waals surface area contributed by atoms with Gasteiger partial charge in [0.2, 0.25) is 5.56 Å². The summed E-state index contributed by atoms with van der Waals surface area (Å²) in [5.74, 6) is -0.0997. The van der Waals surface area contributed by atoms with E-state index in [4.69, 9.17) is 0 Å². The first-order valence-corrected chi connectivity index (χ1v) is 7.23. The summed E-state index contributed by atoms with van der Waals surface area (Å²) in [5.41, 5.74) is 2.58. The second-order valence-corrected chi connectivity index (χ2v) is 5.31. The number of pyridine rings is 1. The second-order valence-electron chi connectivity index (χ2n) is 5.31. The summed E-state index contributed by atoms with van der Waals surface area (Å²) >= 11 is 0. The van der Waals surface area contributed by atoms with Gasteiger partial charge in [-0.05, 0) is 24.1 Å². The number of aromatic amines is 1. The summed E-state index contributed by atoms with van der Waals surface area (Å²) in [6, 6.07) is 10.5. The van der Waals surface area contributed by atoms with Gasteiger partial charge in [-0.2, -0.15) is 0 Å². The van der Waals surface area contributed by atoms with Gasteiger partial charge < -0.3 is 9.88 Å². The minimum atomic E-state index is -0.226. The lowest BCUT2D eigenvalue weighted by Crippen LogP contribution is -2.12. The van der Waals surface area contributed by atoms with E-state index in [0.717, 1.165) is 6.42 Å². The summed E-state index contributed by atoms with van der Waals surface area (Å²) in [5, 5.41) is 0. The van der Waals surface area contributed by atoms with Crippen LogP contribution in [0.25, 0.3) is 6.08 Å². The van der Waals surface area contributed by atoms with Crippen molar-refractivity contribution in [1.29, 1.82) is 0 Å². The van der Waals surface area contributed by atoms with Crippen LogP contribution in [0.2, 0.25) is 0 Å². The number of rotatable bonds is 5. The maximum Gasteiger partial charge on any atom is 0.248 e. The van der Waals surface area contributed by atoms with E-state index in [1.165, 1.54) is 11.6 Å². The van der Waals surface area contributed by atoms with Crippen LogP contribution in [-0.4, -0.2) is 29.8 Å². The van der Waals surface area contributed by atoms with E-state index >= 15 is 0 Å². The molecule has 0 atom stereocenters. The average molecular weight is 296 g/mol. The number of hydrogen-bond acceptors (Lipinski definition) is 3. The van der Waals surface area contributed by atoms with Crippen LogP contribution in [0.15, 0.2) is 47.4 Å². The molecule has 0 radical (unpaired) electrons. The van der Waals surface area contributed by atoms with E-state index in [0.29, 0.717) is 16.8 Å². The quantitative estimate of drug-likeness (QED) is 0.863. The molecule has 4 heteroatoms. The van der Waals surface area contributed by atoms with E-state index in [9.17, 15) is 9.59 Å². The molecular formula is C18H20N2O2. The van der Waals surface area contributed by atoms with Gasteiger partial charge in [-0.15, -0.1) is 0 Å². The van der Waals surface area contributed by atoms with Gasteiger partial charge in [0.15, 0.2) is 5.78 Å². The molecule has 0 saturated heterocycles. The summed E-state index contributed by atoms with van der Waals surface area (Å²) in [6.45, 7) is 2.07. The zero-order valence-electron chi connectivity index (χ0n) is 13.1. The zero-order chi connectivity index (χ0) is 16.1. The number of nitrogens with one attached hydrogen (secondary N) is 1. The van der Waals surface area contributed by atoms with Crippen LogP contribution in [0.5, 0.6) is 0 Å². The van der Waals surface area contributed by atoms with Crippen molar-refractivity contribution in [3.8, 4) is 0 Å². The van der Waals surface area contributed by atoms with Gasteiger partial charge in [0.05, 0.1) is 5.69 Å². The van der Waals surface area contributed by atoms with Gasteiger partial charge in [0.25, 0.3) is 0 Å². The zero-order valence-corrected chi connectivity index (χ0v) is 13.1. The highest BCUT2D eigenvalue weighted by atomic mass is 16.1. The van der Waals surface area contributed by atoms with Crippen molar-refractivity contribution in [1.82, 2.24) is 9.88 Å². The average Bonchev–Trinajstić information content (AvgIpc) is 2.52. The number of benzene rings is 1. The molecule has 1 aromatic carbocycles. The molecule has 2 rings (SSSR count). The van der Waals surface area contributed by atoms with E-state index in [2.05, 4.69) is 11.9 Å². The molecule has 0 saturated carbocycles. The highest BCUT2D eigenvalue weighted by molar-refractivity contribution is 6.10. The molecule has 2 aromatic rings. The fraction of sp³-hybridized carbons (Fsp3) is 0.222. The van der Waals surface area contributed by atoms with Crippen molar-refractivity contribution < 1.29 is 4.79 Å². The third-order valence-electron chi connectivity index (χ3n) is 3.36. The first-order valence-electron chi connectivity index (χ1n) is 7.23. The molecule has 22 heavy (non-hydrogen) atoms. The van der Waals surface area contributed by atoms with Gasteiger partial charge in [0, 0.05) is 37.5 Å². The third kappa shape index (κ3) is 3.73. The Labute approximate surface area is 130 Å². The van der Waals surface area contributed by atoms with Gasteiger partial charge in [-0.1, -0.05) is 31.2 Å². The predicted molar refractivity (Wildman–Crippen MR) is 89.0 cm³/mol. The smallest absolute Gasteiger partial charge is 0.248 e. The Balaban J connectivity index is 2.41. The number of aromatic nitrogens is 1. The molecule has 1 N–H and O–H groups in total. The maximum atomic E-state index is 12.7. The van der Waals surface area contributed by atoms with Crippen LogP contribution >= 0.6 is 0 Å². The SMILES string of the molecule is CCc1ccc(C(=O)c2ccc(=O)[nH]c2C=CN(C)C)cc1. The van der Waals surface area contributed by atoms with Crippen molar-refractivity contribution in [2.45, 2.75) is 13.3 Å². The lowest BCUT2D eigenvalue weighted by Gasteiger charge is -2.08. The molecule has 0 bridgehead atoms. The first-order chi connectivity index (χ1) is 10.5. The van der Waals surface area contributed by atoms with E-state index in [1.807, 2.05) is 43.3 Å². The lowest BCUT2D eigenvalue weighted by molar-refractivity contribution is 0.103. The van der Waals surface area contributed by atoms with Crippen LogP contribution in [-0.2, 0) is 6.42 Å². The molecule has 0 fully saturated rings. The standard InChI is InChI=1S/C18H20N2O2/c1-4-13-5-7-14(8-6-13)18(22)15-9-10-17(21)19-16(15)11-12-20(2)3/h5-12H,4H2,1-3H3,(H,19,21). The Morgan fingerprint density at radius 3 is 2.41 bits per heavy atom. The van der Waals surface area contributed by atoms with Crippen molar-refractivity contribution in [3.05, 3.63) is 75.3 Å². The summed E-state index contributed by atoms with van der Waals surface area (Å²) in [7, 11) is 3.75. The monoisotopic (exact) mass is 296 g/mol. The van der Waals surface area contributed by atoms with E-state index in [-0.39, 0.29) is 11.3 Å². The van der Waals surface area contributed by atoms with Crippen LogP contribution in [0.1, 0.15) is 34.1 Å². The highest BCUT2D eigenvalue weighted by Gasteiger charge is 2.13. The summed E-state index contributed by atoms with van der Waals surface area (Å²) in [6.07, 6.45) is 4.46. The summed E-state index contributed by atoms with van der Waals surface area (Å²) in [4.78, 5) is 28.7. The molecule has 114 valence electrons. The number of carbonyl (C=O) groups is 1. The number of nitrogens with zero attached hydrogens (tertiary/aromatic N) is 1. The van der Waals surface area contributed by atoms with E-state index in [1.54, 1.807) is 18.3 Å². The largest absolute Gasteiger partial charge is 0.383 e. The van der Waals surface area contributed by atoms with Crippen molar-refractivity contribution in [2.24, 2.45) is 0 Å². The molecule has 0 aliphatic rings. The Morgan fingerprint density at radius 2 is 1.82 bits per heavy atom. The van der Waals surface area contributed by atoms with Gasteiger partial charge >= 0.3 is 0 Å². The minimum absolute atomic E-state index is 0.0997. The fourth-order valence-electron chi connectivity index (χ4n) is 2.09. The lowest BCUT2D eigenvalue weighted by atomic mass is 10.00. The number of hydrogen-bond donors (Lipinski definition) is 1. The highest BCUT2D eigenvalue weighted by Crippen LogP contribution is 2.14. The molecule has 0 spiro atoms. The van der Waals surface area contributed by atoms with Crippen molar-refractivity contribution in [2.75, 3.05) is 14.1 Å². The van der Waals surface area contributed by atoms with E-state index < -0.39 is 0 Å². The normalized spacial score (nSPS) is 10.9. The number of aryl methyl sites for hydroxylation is 1. The second kappa shape index (κ2) is 6.89. The third-order valence-corrected chi connectivity index (χ3v) is 3.36. The summed E-state index contributed by atoms with van der Waals surface area (Å²) < 4.78 is 0. The number of H-pyrrole nitrogens is 1. The molecule has 1 aromatic heterocycles. The number of carbonyl (C=O) groups excluding carboxylic acids is 1. The molecule has 0 aliphatic heterocycles. The van der Waals surface area contributed by atoms with Crippen LogP contribution < -0.4 is 5.56 Å². The Morgan fingerprint density at radius 1 is 1.14 bits per heavy atom. The fourth-order valence-corrected chi connectivity index (χ4v) is 2.09. The van der Waals surface area contributed by atoms with Crippen LogP contribution in [0, 0.1) is 0 Å². The predicted octanol–water partition coefficient (Wildman–Crippen LogP) is 2.70. The molecular weight excluding hydrogens is 276 g/mol. The number of ketones is 1. The Hall–Kier alpha value is -2.62. The van der Waals surface area contributed by atoms with Gasteiger partial charge in [0.1, 0.15) is 0 Å². The molecule has 0 aliphatic carbocycles. The van der Waals surface area contributed by atoms with Gasteiger partial charge in [-0.3, -0.25) is 9.59 Å². The Kier molecular flexibility index (Phi) is 4.94. The molecule has 4 nitrogen and oxygen atoms in total. The van der Waals surface area contributed by atoms with Crippen LogP contribution in [0.4, 0.5) is 0 Å². The first kappa shape index (κ1) is 15.8. The molecule has 1 heterocycles. The topological polar surface area (TPSA) is 53.2 Å². The van der Waals surface area contributed by atoms with Gasteiger partial charge in [-0.25, -0.2) is 0 Å². The molecule has 0 amide bonds. The minimum Gasteiger partial charge on any atom is -0.383 e. The van der Waals surface area contributed by atoms with Crippen LogP contribution in [0.3, 0.4) is 0 Å². The van der Waals surface area contributed by atoms with Crippen molar-refractivity contribution >= 4 is 11.9 Å². The Bertz CT molecular complexity index is 740.